The van der Waals surface area contributed by atoms with Crippen LogP contribution < -0.4 is 0 Å². The van der Waals surface area contributed by atoms with Gasteiger partial charge in [0.05, 0.1) is 17.9 Å². The Morgan fingerprint density at radius 1 is 1.32 bits per heavy atom. The Bertz CT molecular complexity index is 666. The molecule has 118 valence electrons. The average molecular weight is 300 g/mol. The fourth-order valence-corrected chi connectivity index (χ4v) is 3.71. The molecule has 0 N–H and O–H groups in total. The first-order valence-corrected chi connectivity index (χ1v) is 8.13. The molecule has 1 atom stereocenters. The standard InChI is InChI=1S/C16H24N6/c1-16(2)11-22(10-13-8-18-20(3)19-13)14(16)15-17-6-7-21(15)9-12-4-5-12/h6-8,12,14H,4-5,9-11H2,1-3H3. The molecule has 2 aliphatic rings. The van der Waals surface area contributed by atoms with Gasteiger partial charge in [0.25, 0.3) is 0 Å². The molecule has 6 heteroatoms. The van der Waals surface area contributed by atoms with Crippen molar-refractivity contribution in [1.29, 1.82) is 0 Å². The number of hydrogen-bond donors (Lipinski definition) is 0. The fourth-order valence-electron chi connectivity index (χ4n) is 3.71. The molecule has 0 amide bonds. The van der Waals surface area contributed by atoms with Gasteiger partial charge in [0, 0.05) is 44.5 Å². The quantitative estimate of drug-likeness (QED) is 0.847. The molecule has 6 nitrogen and oxygen atoms in total. The van der Waals surface area contributed by atoms with E-state index in [9.17, 15) is 0 Å². The molecule has 0 radical (unpaired) electrons. The summed E-state index contributed by atoms with van der Waals surface area (Å²) in [7, 11) is 1.86. The van der Waals surface area contributed by atoms with Crippen molar-refractivity contribution in [3.05, 3.63) is 30.1 Å². The van der Waals surface area contributed by atoms with Crippen LogP contribution in [0.15, 0.2) is 18.6 Å². The number of aryl methyl sites for hydroxylation is 1. The van der Waals surface area contributed by atoms with Gasteiger partial charge in [-0.1, -0.05) is 13.8 Å². The van der Waals surface area contributed by atoms with Gasteiger partial charge in [0.15, 0.2) is 0 Å². The molecule has 3 heterocycles. The summed E-state index contributed by atoms with van der Waals surface area (Å²) in [5, 5.41) is 8.59. The van der Waals surface area contributed by atoms with Crippen molar-refractivity contribution in [2.24, 2.45) is 18.4 Å². The fraction of sp³-hybridized carbons (Fsp3) is 0.688. The molecule has 22 heavy (non-hydrogen) atoms. The predicted octanol–water partition coefficient (Wildman–Crippen LogP) is 2.00. The van der Waals surface area contributed by atoms with Crippen LogP contribution in [0.25, 0.3) is 0 Å². The Hall–Kier alpha value is -1.69. The monoisotopic (exact) mass is 300 g/mol. The van der Waals surface area contributed by atoms with E-state index in [1.54, 1.807) is 4.80 Å². The van der Waals surface area contributed by atoms with E-state index in [1.165, 1.54) is 18.7 Å². The Labute approximate surface area is 131 Å². The van der Waals surface area contributed by atoms with Gasteiger partial charge in [-0.05, 0) is 18.8 Å². The van der Waals surface area contributed by atoms with Crippen molar-refractivity contribution >= 4 is 0 Å². The first-order chi connectivity index (χ1) is 10.5. The minimum Gasteiger partial charge on any atom is -0.333 e. The van der Waals surface area contributed by atoms with Crippen molar-refractivity contribution in [2.75, 3.05) is 6.54 Å². The van der Waals surface area contributed by atoms with Gasteiger partial charge in [0.1, 0.15) is 5.82 Å². The molecule has 1 aliphatic carbocycles. The summed E-state index contributed by atoms with van der Waals surface area (Å²) in [5.41, 5.74) is 1.29. The maximum Gasteiger partial charge on any atom is 0.126 e. The number of imidazole rings is 1. The van der Waals surface area contributed by atoms with E-state index >= 15 is 0 Å². The molecule has 2 fully saturated rings. The minimum atomic E-state index is 0.259. The Morgan fingerprint density at radius 3 is 2.77 bits per heavy atom. The van der Waals surface area contributed by atoms with Crippen LogP contribution in [0, 0.1) is 11.3 Å². The van der Waals surface area contributed by atoms with Crippen LogP contribution in [0.2, 0.25) is 0 Å². The van der Waals surface area contributed by atoms with Gasteiger partial charge in [-0.15, -0.1) is 0 Å². The van der Waals surface area contributed by atoms with Crippen LogP contribution in [0.1, 0.15) is 44.2 Å². The third-order valence-electron chi connectivity index (χ3n) is 4.87. The first-order valence-electron chi connectivity index (χ1n) is 8.13. The van der Waals surface area contributed by atoms with Gasteiger partial charge in [0.2, 0.25) is 0 Å². The number of aromatic nitrogens is 5. The summed E-state index contributed by atoms with van der Waals surface area (Å²) in [6.45, 7) is 7.71. The van der Waals surface area contributed by atoms with Crippen LogP contribution in [0.4, 0.5) is 0 Å². The summed E-state index contributed by atoms with van der Waals surface area (Å²) in [6.07, 6.45) is 8.69. The van der Waals surface area contributed by atoms with Crippen molar-refractivity contribution in [1.82, 2.24) is 29.4 Å². The molecule has 4 rings (SSSR count). The van der Waals surface area contributed by atoms with Crippen LogP contribution in [0.3, 0.4) is 0 Å². The molecule has 2 aromatic rings. The summed E-state index contributed by atoms with van der Waals surface area (Å²) in [6, 6.07) is 0.364. The smallest absolute Gasteiger partial charge is 0.126 e. The lowest BCUT2D eigenvalue weighted by Crippen LogP contribution is -2.55. The zero-order chi connectivity index (χ0) is 15.3. The number of hydrogen-bond acceptors (Lipinski definition) is 4. The number of likely N-dealkylation sites (tertiary alicyclic amines) is 1. The molecule has 0 aromatic carbocycles. The molecular formula is C16H24N6. The Morgan fingerprint density at radius 2 is 2.14 bits per heavy atom. The van der Waals surface area contributed by atoms with Crippen molar-refractivity contribution in [2.45, 2.75) is 45.8 Å². The van der Waals surface area contributed by atoms with Gasteiger partial charge < -0.3 is 4.57 Å². The molecule has 1 saturated heterocycles. The first kappa shape index (κ1) is 13.9. The van der Waals surface area contributed by atoms with Gasteiger partial charge in [-0.25, -0.2) is 4.98 Å². The van der Waals surface area contributed by atoms with Gasteiger partial charge in [-0.3, -0.25) is 4.90 Å². The van der Waals surface area contributed by atoms with Crippen molar-refractivity contribution in [3.8, 4) is 0 Å². The summed E-state index contributed by atoms with van der Waals surface area (Å²) in [4.78, 5) is 8.79. The topological polar surface area (TPSA) is 51.8 Å². The second-order valence-electron chi connectivity index (χ2n) is 7.50. The number of nitrogens with zero attached hydrogens (tertiary/aromatic N) is 6. The Kier molecular flexibility index (Phi) is 3.11. The normalized spacial score (nSPS) is 24.4. The van der Waals surface area contributed by atoms with Gasteiger partial charge in [-0.2, -0.15) is 15.0 Å². The highest BCUT2D eigenvalue weighted by Crippen LogP contribution is 2.48. The summed E-state index contributed by atoms with van der Waals surface area (Å²) in [5.74, 6) is 2.08. The van der Waals surface area contributed by atoms with E-state index in [-0.39, 0.29) is 5.41 Å². The Balaban J connectivity index is 1.55. The van der Waals surface area contributed by atoms with E-state index in [0.717, 1.165) is 31.2 Å². The van der Waals surface area contributed by atoms with Crippen molar-refractivity contribution < 1.29 is 0 Å². The van der Waals surface area contributed by atoms with E-state index in [2.05, 4.69) is 39.7 Å². The lowest BCUT2D eigenvalue weighted by atomic mass is 9.74. The van der Waals surface area contributed by atoms with E-state index < -0.39 is 0 Å². The zero-order valence-corrected chi connectivity index (χ0v) is 13.6. The lowest BCUT2D eigenvalue weighted by Gasteiger charge is -2.53. The summed E-state index contributed by atoms with van der Waals surface area (Å²) < 4.78 is 2.37. The van der Waals surface area contributed by atoms with E-state index in [4.69, 9.17) is 4.98 Å². The molecule has 1 saturated carbocycles. The molecule has 0 spiro atoms. The highest BCUT2D eigenvalue weighted by Gasteiger charge is 2.48. The van der Waals surface area contributed by atoms with Crippen LogP contribution in [-0.2, 0) is 20.1 Å². The van der Waals surface area contributed by atoms with Gasteiger partial charge >= 0.3 is 0 Å². The SMILES string of the molecule is Cn1ncc(CN2CC(C)(C)C2c2nccn2CC2CC2)n1. The largest absolute Gasteiger partial charge is 0.333 e. The maximum absolute atomic E-state index is 4.69. The van der Waals surface area contributed by atoms with Crippen molar-refractivity contribution in [3.63, 3.8) is 0 Å². The molecule has 1 aliphatic heterocycles. The molecule has 1 unspecified atom stereocenters. The number of rotatable bonds is 5. The second kappa shape index (κ2) is 4.91. The molecule has 2 aromatic heterocycles. The minimum absolute atomic E-state index is 0.259. The lowest BCUT2D eigenvalue weighted by molar-refractivity contribution is -0.0662. The zero-order valence-electron chi connectivity index (χ0n) is 13.6. The van der Waals surface area contributed by atoms with Crippen LogP contribution in [-0.4, -0.2) is 36.0 Å². The van der Waals surface area contributed by atoms with E-state index in [1.807, 2.05) is 19.4 Å². The second-order valence-corrected chi connectivity index (χ2v) is 7.50. The highest BCUT2D eigenvalue weighted by atomic mass is 15.5. The third-order valence-corrected chi connectivity index (χ3v) is 4.87. The van der Waals surface area contributed by atoms with E-state index in [0.29, 0.717) is 6.04 Å². The summed E-state index contributed by atoms with van der Waals surface area (Å²) >= 11 is 0. The van der Waals surface area contributed by atoms with Crippen LogP contribution >= 0.6 is 0 Å². The third kappa shape index (κ3) is 2.45. The molecular weight excluding hydrogens is 276 g/mol. The predicted molar refractivity (Wildman–Crippen MR) is 82.9 cm³/mol. The average Bonchev–Trinajstić information content (AvgIpc) is 3.00. The maximum atomic E-state index is 4.69. The molecule has 0 bridgehead atoms. The highest BCUT2D eigenvalue weighted by molar-refractivity contribution is 5.13. The van der Waals surface area contributed by atoms with Crippen LogP contribution in [0.5, 0.6) is 0 Å².